The van der Waals surface area contributed by atoms with Gasteiger partial charge < -0.3 is 11.1 Å². The normalized spacial score (nSPS) is 21.0. The summed E-state index contributed by atoms with van der Waals surface area (Å²) >= 11 is 0. The Hall–Kier alpha value is -1.35. The average Bonchev–Trinajstić information content (AvgIpc) is 2.92. The third-order valence-electron chi connectivity index (χ3n) is 4.55. The van der Waals surface area contributed by atoms with Crippen molar-refractivity contribution in [1.29, 1.82) is 0 Å². The molecule has 1 aromatic carbocycles. The Bertz CT molecular complexity index is 478. The molecule has 1 heterocycles. The molecule has 3 nitrogen and oxygen atoms in total. The van der Waals surface area contributed by atoms with E-state index >= 15 is 0 Å². The van der Waals surface area contributed by atoms with Crippen LogP contribution in [0.4, 0.5) is 0 Å². The van der Waals surface area contributed by atoms with Gasteiger partial charge in [0.2, 0.25) is 0 Å². The molecule has 1 aromatic rings. The molecule has 2 aliphatic rings. The Labute approximate surface area is 114 Å². The van der Waals surface area contributed by atoms with Gasteiger partial charge in [0.1, 0.15) is 0 Å². The zero-order valence-corrected chi connectivity index (χ0v) is 11.3. The first kappa shape index (κ1) is 12.7. The molecular weight excluding hydrogens is 236 g/mol. The largest absolute Gasteiger partial charge is 0.352 e. The molecule has 0 spiro atoms. The van der Waals surface area contributed by atoms with Crippen LogP contribution in [0.5, 0.6) is 0 Å². The number of benzene rings is 1. The van der Waals surface area contributed by atoms with Gasteiger partial charge in [-0.15, -0.1) is 0 Å². The van der Waals surface area contributed by atoms with E-state index < -0.39 is 0 Å². The number of rotatable bonds is 3. The molecule has 102 valence electrons. The minimum atomic E-state index is 0.0520. The predicted molar refractivity (Wildman–Crippen MR) is 76.0 cm³/mol. The Morgan fingerprint density at radius 1 is 1.32 bits per heavy atom. The van der Waals surface area contributed by atoms with Crippen molar-refractivity contribution in [2.75, 3.05) is 6.54 Å². The molecule has 1 saturated carbocycles. The van der Waals surface area contributed by atoms with E-state index in [-0.39, 0.29) is 11.9 Å². The second-order valence-corrected chi connectivity index (χ2v) is 5.92. The Kier molecular flexibility index (Phi) is 3.56. The smallest absolute Gasteiger partial charge is 0.251 e. The topological polar surface area (TPSA) is 55.1 Å². The highest BCUT2D eigenvalue weighted by molar-refractivity contribution is 5.96. The van der Waals surface area contributed by atoms with Gasteiger partial charge in [0.25, 0.3) is 5.91 Å². The number of nitrogens with one attached hydrogen (secondary N) is 1. The molecule has 3 N–H and O–H groups in total. The molecule has 0 bridgehead atoms. The van der Waals surface area contributed by atoms with E-state index in [4.69, 9.17) is 5.73 Å². The maximum Gasteiger partial charge on any atom is 0.251 e. The van der Waals surface area contributed by atoms with Crippen LogP contribution >= 0.6 is 0 Å². The summed E-state index contributed by atoms with van der Waals surface area (Å²) in [7, 11) is 0. The van der Waals surface area contributed by atoms with E-state index in [1.54, 1.807) is 0 Å². The first-order chi connectivity index (χ1) is 9.24. The zero-order chi connectivity index (χ0) is 13.2. The van der Waals surface area contributed by atoms with Crippen LogP contribution in [-0.2, 0) is 6.42 Å². The van der Waals surface area contributed by atoms with Crippen LogP contribution in [0, 0.1) is 5.92 Å². The van der Waals surface area contributed by atoms with E-state index in [1.807, 2.05) is 6.07 Å². The fourth-order valence-corrected chi connectivity index (χ4v) is 3.40. The number of nitrogens with two attached hydrogens (primary N) is 1. The van der Waals surface area contributed by atoms with E-state index in [0.717, 1.165) is 42.0 Å². The van der Waals surface area contributed by atoms with Crippen LogP contribution in [0.25, 0.3) is 0 Å². The summed E-state index contributed by atoms with van der Waals surface area (Å²) in [6.45, 7) is 0.749. The summed E-state index contributed by atoms with van der Waals surface area (Å²) in [4.78, 5) is 11.9. The highest BCUT2D eigenvalue weighted by atomic mass is 16.1. The maximum atomic E-state index is 11.9. The van der Waals surface area contributed by atoms with Gasteiger partial charge in [-0.05, 0) is 36.0 Å². The SMILES string of the molecule is NC(CC1CCCC1)c1ccc2c(c1)C(=O)NCC2. The second kappa shape index (κ2) is 5.33. The number of carbonyl (C=O) groups excluding carboxylic acids is 1. The number of hydrogen-bond donors (Lipinski definition) is 2. The van der Waals surface area contributed by atoms with Crippen molar-refractivity contribution >= 4 is 5.91 Å². The summed E-state index contributed by atoms with van der Waals surface area (Å²) < 4.78 is 0. The maximum absolute atomic E-state index is 11.9. The highest BCUT2D eigenvalue weighted by Crippen LogP contribution is 2.32. The molecule has 1 amide bonds. The van der Waals surface area contributed by atoms with Crippen molar-refractivity contribution in [2.24, 2.45) is 11.7 Å². The van der Waals surface area contributed by atoms with Crippen molar-refractivity contribution in [3.05, 3.63) is 34.9 Å². The zero-order valence-electron chi connectivity index (χ0n) is 11.3. The monoisotopic (exact) mass is 258 g/mol. The Balaban J connectivity index is 1.76. The van der Waals surface area contributed by atoms with Crippen molar-refractivity contribution in [3.8, 4) is 0 Å². The lowest BCUT2D eigenvalue weighted by Crippen LogP contribution is -2.32. The fraction of sp³-hybridized carbons (Fsp3) is 0.562. The van der Waals surface area contributed by atoms with E-state index in [2.05, 4.69) is 17.4 Å². The van der Waals surface area contributed by atoms with Gasteiger partial charge in [-0.2, -0.15) is 0 Å². The predicted octanol–water partition coefficient (Wildman–Crippen LogP) is 2.55. The molecule has 1 unspecified atom stereocenters. The molecule has 3 heteroatoms. The van der Waals surface area contributed by atoms with Gasteiger partial charge >= 0.3 is 0 Å². The van der Waals surface area contributed by atoms with E-state index in [1.165, 1.54) is 25.7 Å². The van der Waals surface area contributed by atoms with Crippen molar-refractivity contribution < 1.29 is 4.79 Å². The van der Waals surface area contributed by atoms with Gasteiger partial charge in [0, 0.05) is 18.2 Å². The molecule has 1 aliphatic heterocycles. The summed E-state index contributed by atoms with van der Waals surface area (Å²) in [5.74, 6) is 0.830. The number of fused-ring (bicyclic) bond motifs is 1. The minimum Gasteiger partial charge on any atom is -0.352 e. The van der Waals surface area contributed by atoms with E-state index in [9.17, 15) is 4.79 Å². The second-order valence-electron chi connectivity index (χ2n) is 5.92. The minimum absolute atomic E-state index is 0.0520. The molecule has 1 atom stereocenters. The molecule has 3 rings (SSSR count). The van der Waals surface area contributed by atoms with E-state index in [0.29, 0.717) is 0 Å². The van der Waals surface area contributed by atoms with Crippen LogP contribution in [0.3, 0.4) is 0 Å². The highest BCUT2D eigenvalue weighted by Gasteiger charge is 2.21. The van der Waals surface area contributed by atoms with Crippen LogP contribution < -0.4 is 11.1 Å². The Morgan fingerprint density at radius 2 is 2.11 bits per heavy atom. The Morgan fingerprint density at radius 3 is 2.89 bits per heavy atom. The molecule has 19 heavy (non-hydrogen) atoms. The van der Waals surface area contributed by atoms with Crippen molar-refractivity contribution in [2.45, 2.75) is 44.6 Å². The summed E-state index contributed by atoms with van der Waals surface area (Å²) in [5, 5.41) is 2.90. The molecule has 1 fully saturated rings. The van der Waals surface area contributed by atoms with Gasteiger partial charge in [0.05, 0.1) is 0 Å². The van der Waals surface area contributed by atoms with Gasteiger partial charge in [-0.3, -0.25) is 4.79 Å². The van der Waals surface area contributed by atoms with Gasteiger partial charge in [0.15, 0.2) is 0 Å². The van der Waals surface area contributed by atoms with Crippen LogP contribution in [0.1, 0.15) is 59.6 Å². The molecule has 0 saturated heterocycles. The first-order valence-electron chi connectivity index (χ1n) is 7.40. The number of amides is 1. The molecule has 0 aromatic heterocycles. The van der Waals surface area contributed by atoms with Gasteiger partial charge in [-0.25, -0.2) is 0 Å². The average molecular weight is 258 g/mol. The van der Waals surface area contributed by atoms with Crippen LogP contribution in [-0.4, -0.2) is 12.5 Å². The number of carbonyl (C=O) groups is 1. The van der Waals surface area contributed by atoms with Crippen molar-refractivity contribution in [3.63, 3.8) is 0 Å². The molecule has 1 aliphatic carbocycles. The summed E-state index contributed by atoms with van der Waals surface area (Å²) in [6, 6.07) is 6.27. The number of hydrogen-bond acceptors (Lipinski definition) is 2. The lowest BCUT2D eigenvalue weighted by Gasteiger charge is -2.21. The molecular formula is C16H22N2O. The lowest BCUT2D eigenvalue weighted by molar-refractivity contribution is 0.0946. The third kappa shape index (κ3) is 2.66. The van der Waals surface area contributed by atoms with Gasteiger partial charge in [-0.1, -0.05) is 37.8 Å². The first-order valence-corrected chi connectivity index (χ1v) is 7.40. The molecule has 0 radical (unpaired) electrons. The van der Waals surface area contributed by atoms with Crippen LogP contribution in [0.2, 0.25) is 0 Å². The third-order valence-corrected chi connectivity index (χ3v) is 4.55. The summed E-state index contributed by atoms with van der Waals surface area (Å²) in [6.07, 6.45) is 7.33. The fourth-order valence-electron chi connectivity index (χ4n) is 3.40. The van der Waals surface area contributed by atoms with Crippen molar-refractivity contribution in [1.82, 2.24) is 5.32 Å². The quantitative estimate of drug-likeness (QED) is 0.875. The lowest BCUT2D eigenvalue weighted by atomic mass is 9.90. The van der Waals surface area contributed by atoms with Crippen LogP contribution in [0.15, 0.2) is 18.2 Å². The summed E-state index contributed by atoms with van der Waals surface area (Å²) in [5.41, 5.74) is 9.41. The standard InChI is InChI=1S/C16H22N2O/c17-15(9-11-3-1-2-4-11)13-6-5-12-7-8-18-16(19)14(12)10-13/h5-6,10-11,15H,1-4,7-9,17H2,(H,18,19).